The standard InChI is InChI=1S/C17H19O2/c1-3-18-16-9-5-14(6-10-16)13-15-7-11-17(12-8-15)19-4-2/h5-13H,3-4H2,1-2H3. The molecule has 99 valence electrons. The molecule has 0 bridgehead atoms. The molecule has 0 aliphatic heterocycles. The minimum Gasteiger partial charge on any atom is -0.494 e. The van der Waals surface area contributed by atoms with Crippen molar-refractivity contribution in [2.45, 2.75) is 13.8 Å². The first-order valence-corrected chi connectivity index (χ1v) is 6.62. The van der Waals surface area contributed by atoms with Crippen molar-refractivity contribution < 1.29 is 9.47 Å². The van der Waals surface area contributed by atoms with Crippen molar-refractivity contribution in [3.8, 4) is 11.5 Å². The van der Waals surface area contributed by atoms with Crippen LogP contribution in [0.4, 0.5) is 0 Å². The summed E-state index contributed by atoms with van der Waals surface area (Å²) in [5.41, 5.74) is 2.32. The minimum absolute atomic E-state index is 0.696. The van der Waals surface area contributed by atoms with Gasteiger partial charge in [0.05, 0.1) is 13.2 Å². The maximum absolute atomic E-state index is 5.42. The highest BCUT2D eigenvalue weighted by molar-refractivity contribution is 5.41. The van der Waals surface area contributed by atoms with Crippen LogP contribution in [0.5, 0.6) is 11.5 Å². The van der Waals surface area contributed by atoms with Crippen molar-refractivity contribution in [1.82, 2.24) is 0 Å². The van der Waals surface area contributed by atoms with Gasteiger partial charge in [-0.05, 0) is 49.2 Å². The van der Waals surface area contributed by atoms with Crippen LogP contribution >= 0.6 is 0 Å². The molecule has 2 aromatic carbocycles. The van der Waals surface area contributed by atoms with E-state index in [1.54, 1.807) is 0 Å². The molecule has 0 aliphatic carbocycles. The van der Waals surface area contributed by atoms with Gasteiger partial charge in [-0.25, -0.2) is 0 Å². The summed E-state index contributed by atoms with van der Waals surface area (Å²) in [6.45, 7) is 5.36. The van der Waals surface area contributed by atoms with E-state index in [4.69, 9.17) is 9.47 Å². The lowest BCUT2D eigenvalue weighted by Crippen LogP contribution is -1.92. The summed E-state index contributed by atoms with van der Waals surface area (Å²) in [6.07, 6.45) is 2.13. The van der Waals surface area contributed by atoms with Gasteiger partial charge in [-0.1, -0.05) is 24.3 Å². The quantitative estimate of drug-likeness (QED) is 0.774. The van der Waals surface area contributed by atoms with Gasteiger partial charge in [-0.3, -0.25) is 0 Å². The van der Waals surface area contributed by atoms with Crippen molar-refractivity contribution >= 4 is 0 Å². The fourth-order valence-electron chi connectivity index (χ4n) is 1.85. The lowest BCUT2D eigenvalue weighted by atomic mass is 10.0. The largest absolute Gasteiger partial charge is 0.494 e. The maximum Gasteiger partial charge on any atom is 0.119 e. The van der Waals surface area contributed by atoms with Gasteiger partial charge in [-0.15, -0.1) is 0 Å². The Bertz CT molecular complexity index is 438. The van der Waals surface area contributed by atoms with Gasteiger partial charge in [0.25, 0.3) is 0 Å². The Hall–Kier alpha value is -1.96. The van der Waals surface area contributed by atoms with Crippen molar-refractivity contribution in [2.24, 2.45) is 0 Å². The van der Waals surface area contributed by atoms with Gasteiger partial charge in [0, 0.05) is 6.42 Å². The number of ether oxygens (including phenoxy) is 2. The van der Waals surface area contributed by atoms with Gasteiger partial charge in [0.2, 0.25) is 0 Å². The summed E-state index contributed by atoms with van der Waals surface area (Å²) in [7, 11) is 0. The first kappa shape index (κ1) is 13.5. The second-order valence-electron chi connectivity index (χ2n) is 4.15. The molecule has 0 aromatic heterocycles. The number of hydrogen-bond donors (Lipinski definition) is 0. The molecule has 0 saturated carbocycles. The summed E-state index contributed by atoms with van der Waals surface area (Å²) in [5, 5.41) is 0. The predicted molar refractivity (Wildman–Crippen MR) is 77.7 cm³/mol. The number of rotatable bonds is 6. The Kier molecular flexibility index (Phi) is 4.85. The van der Waals surface area contributed by atoms with Crippen LogP contribution in [0.3, 0.4) is 0 Å². The average Bonchev–Trinajstić information content (AvgIpc) is 2.44. The van der Waals surface area contributed by atoms with Gasteiger partial charge in [-0.2, -0.15) is 0 Å². The summed E-state index contributed by atoms with van der Waals surface area (Å²) in [4.78, 5) is 0. The molecule has 2 aromatic rings. The van der Waals surface area contributed by atoms with Crippen LogP contribution in [0.15, 0.2) is 48.5 Å². The van der Waals surface area contributed by atoms with E-state index in [0.717, 1.165) is 22.6 Å². The average molecular weight is 255 g/mol. The maximum atomic E-state index is 5.42. The predicted octanol–water partition coefficient (Wildman–Crippen LogP) is 4.08. The van der Waals surface area contributed by atoms with Crippen molar-refractivity contribution in [3.63, 3.8) is 0 Å². The first-order valence-electron chi connectivity index (χ1n) is 6.62. The zero-order valence-corrected chi connectivity index (χ0v) is 11.4. The zero-order chi connectivity index (χ0) is 13.5. The van der Waals surface area contributed by atoms with Gasteiger partial charge >= 0.3 is 0 Å². The molecule has 0 spiro atoms. The molecule has 2 rings (SSSR count). The Morgan fingerprint density at radius 2 is 1.05 bits per heavy atom. The van der Waals surface area contributed by atoms with Crippen LogP contribution in [-0.2, 0) is 0 Å². The number of hydrogen-bond acceptors (Lipinski definition) is 2. The molecule has 2 nitrogen and oxygen atoms in total. The summed E-state index contributed by atoms with van der Waals surface area (Å²) in [5.74, 6) is 1.82. The topological polar surface area (TPSA) is 18.5 Å². The molecule has 19 heavy (non-hydrogen) atoms. The van der Waals surface area contributed by atoms with E-state index in [2.05, 4.69) is 30.7 Å². The zero-order valence-electron chi connectivity index (χ0n) is 11.4. The van der Waals surface area contributed by atoms with E-state index < -0.39 is 0 Å². The third-order valence-electron chi connectivity index (χ3n) is 2.72. The monoisotopic (exact) mass is 255 g/mol. The van der Waals surface area contributed by atoms with E-state index >= 15 is 0 Å². The highest BCUT2D eigenvalue weighted by Crippen LogP contribution is 2.19. The van der Waals surface area contributed by atoms with Crippen molar-refractivity contribution in [2.75, 3.05) is 13.2 Å². The molecule has 2 heteroatoms. The van der Waals surface area contributed by atoms with Crippen LogP contribution in [0.1, 0.15) is 25.0 Å². The Labute approximate surface area is 115 Å². The van der Waals surface area contributed by atoms with Crippen molar-refractivity contribution in [1.29, 1.82) is 0 Å². The summed E-state index contributed by atoms with van der Waals surface area (Å²) in [6, 6.07) is 16.2. The Morgan fingerprint density at radius 3 is 1.37 bits per heavy atom. The molecule has 0 N–H and O–H groups in total. The van der Waals surface area contributed by atoms with Gasteiger partial charge in [0.1, 0.15) is 11.5 Å². The molecule has 0 fully saturated rings. The molecule has 1 radical (unpaired) electrons. The molecule has 0 amide bonds. The van der Waals surface area contributed by atoms with Crippen LogP contribution in [0.25, 0.3) is 0 Å². The Morgan fingerprint density at radius 1 is 0.684 bits per heavy atom. The fourth-order valence-corrected chi connectivity index (χ4v) is 1.85. The SMILES string of the molecule is CCOc1ccc([CH]c2ccc(OCC)cc2)cc1. The second-order valence-corrected chi connectivity index (χ2v) is 4.15. The summed E-state index contributed by atoms with van der Waals surface area (Å²) >= 11 is 0. The summed E-state index contributed by atoms with van der Waals surface area (Å²) < 4.78 is 10.8. The van der Waals surface area contributed by atoms with E-state index in [1.807, 2.05) is 38.1 Å². The van der Waals surface area contributed by atoms with Gasteiger partial charge in [0.15, 0.2) is 0 Å². The third kappa shape index (κ3) is 4.02. The van der Waals surface area contributed by atoms with E-state index in [0.29, 0.717) is 13.2 Å². The molecule has 0 saturated heterocycles. The number of benzene rings is 2. The highest BCUT2D eigenvalue weighted by atomic mass is 16.5. The van der Waals surface area contributed by atoms with E-state index in [9.17, 15) is 0 Å². The minimum atomic E-state index is 0.696. The molecule has 0 heterocycles. The van der Waals surface area contributed by atoms with Crippen LogP contribution in [0, 0.1) is 6.42 Å². The Balaban J connectivity index is 1.99. The molecule has 0 aliphatic rings. The molecule has 0 atom stereocenters. The van der Waals surface area contributed by atoms with E-state index in [1.165, 1.54) is 0 Å². The lowest BCUT2D eigenvalue weighted by molar-refractivity contribution is 0.340. The van der Waals surface area contributed by atoms with Crippen LogP contribution in [0.2, 0.25) is 0 Å². The molecular formula is C17H19O2. The third-order valence-corrected chi connectivity index (χ3v) is 2.72. The van der Waals surface area contributed by atoms with Crippen LogP contribution in [-0.4, -0.2) is 13.2 Å². The van der Waals surface area contributed by atoms with Gasteiger partial charge < -0.3 is 9.47 Å². The van der Waals surface area contributed by atoms with Crippen molar-refractivity contribution in [3.05, 3.63) is 66.1 Å². The lowest BCUT2D eigenvalue weighted by Gasteiger charge is -2.06. The smallest absolute Gasteiger partial charge is 0.119 e. The second kappa shape index (κ2) is 6.83. The fraction of sp³-hybridized carbons (Fsp3) is 0.235. The normalized spacial score (nSPS) is 10.2. The van der Waals surface area contributed by atoms with E-state index in [-0.39, 0.29) is 0 Å². The molecular weight excluding hydrogens is 236 g/mol. The van der Waals surface area contributed by atoms with Crippen LogP contribution < -0.4 is 9.47 Å². The first-order chi connectivity index (χ1) is 9.31. The molecule has 0 unspecified atom stereocenters. The highest BCUT2D eigenvalue weighted by Gasteiger charge is 1.99.